The number of hydrogen-bond acceptors (Lipinski definition) is 5. The van der Waals surface area contributed by atoms with Crippen molar-refractivity contribution < 1.29 is 9.47 Å². The van der Waals surface area contributed by atoms with E-state index in [1.54, 1.807) is 0 Å². The molecule has 0 saturated carbocycles. The zero-order chi connectivity index (χ0) is 13.0. The zero-order valence-electron chi connectivity index (χ0n) is 11.1. The minimum absolute atomic E-state index is 0.0718. The summed E-state index contributed by atoms with van der Waals surface area (Å²) in [5.41, 5.74) is 6.45. The highest BCUT2D eigenvalue weighted by molar-refractivity contribution is 5.54. The predicted molar refractivity (Wildman–Crippen MR) is 72.1 cm³/mol. The summed E-state index contributed by atoms with van der Waals surface area (Å²) in [5.74, 6) is 1.43. The number of nitrogen functional groups attached to an aromatic ring is 1. The molecule has 1 aliphatic heterocycles. The van der Waals surface area contributed by atoms with E-state index in [0.717, 1.165) is 38.5 Å². The van der Waals surface area contributed by atoms with Gasteiger partial charge in [-0.05, 0) is 32.4 Å². The number of nitrogens with two attached hydrogens (primary N) is 1. The van der Waals surface area contributed by atoms with Crippen LogP contribution in [0, 0.1) is 0 Å². The SMILES string of the molecule is CC(C)Oc1nc(N2CCCOCC2)ccc1N. The average Bonchev–Trinajstić information content (AvgIpc) is 2.60. The fraction of sp³-hybridized carbons (Fsp3) is 0.615. The van der Waals surface area contributed by atoms with Crippen LogP contribution in [0.5, 0.6) is 5.88 Å². The highest BCUT2D eigenvalue weighted by atomic mass is 16.5. The normalized spacial score (nSPS) is 16.7. The molecular weight excluding hydrogens is 230 g/mol. The lowest BCUT2D eigenvalue weighted by Crippen LogP contribution is -2.27. The largest absolute Gasteiger partial charge is 0.473 e. The van der Waals surface area contributed by atoms with Crippen LogP contribution >= 0.6 is 0 Å². The summed E-state index contributed by atoms with van der Waals surface area (Å²) in [4.78, 5) is 6.71. The molecule has 5 nitrogen and oxygen atoms in total. The molecule has 0 atom stereocenters. The van der Waals surface area contributed by atoms with Crippen LogP contribution in [-0.2, 0) is 4.74 Å². The standard InChI is InChI=1S/C13H21N3O2/c1-10(2)18-13-11(14)4-5-12(15-13)16-6-3-8-17-9-7-16/h4-5,10H,3,6-9,14H2,1-2H3. The second-order valence-corrected chi connectivity index (χ2v) is 4.68. The van der Waals surface area contributed by atoms with Crippen LogP contribution in [0.15, 0.2) is 12.1 Å². The van der Waals surface area contributed by atoms with Gasteiger partial charge in [0.1, 0.15) is 5.82 Å². The van der Waals surface area contributed by atoms with E-state index in [0.29, 0.717) is 11.6 Å². The van der Waals surface area contributed by atoms with Gasteiger partial charge in [-0.15, -0.1) is 0 Å². The summed E-state index contributed by atoms with van der Waals surface area (Å²) in [7, 11) is 0. The third kappa shape index (κ3) is 3.26. The molecule has 100 valence electrons. The Labute approximate surface area is 108 Å². The smallest absolute Gasteiger partial charge is 0.239 e. The van der Waals surface area contributed by atoms with E-state index < -0.39 is 0 Å². The third-order valence-electron chi connectivity index (χ3n) is 2.77. The molecule has 0 amide bonds. The number of pyridine rings is 1. The number of rotatable bonds is 3. The molecule has 2 rings (SSSR count). The van der Waals surface area contributed by atoms with E-state index in [2.05, 4.69) is 9.88 Å². The van der Waals surface area contributed by atoms with Gasteiger partial charge in [0.2, 0.25) is 5.88 Å². The lowest BCUT2D eigenvalue weighted by atomic mass is 10.3. The monoisotopic (exact) mass is 251 g/mol. The van der Waals surface area contributed by atoms with Crippen molar-refractivity contribution in [1.29, 1.82) is 0 Å². The van der Waals surface area contributed by atoms with Gasteiger partial charge in [0.25, 0.3) is 0 Å². The maximum atomic E-state index is 5.87. The number of anilines is 2. The van der Waals surface area contributed by atoms with E-state index in [1.165, 1.54) is 0 Å². The average molecular weight is 251 g/mol. The molecule has 1 aromatic heterocycles. The lowest BCUT2D eigenvalue weighted by Gasteiger charge is -2.22. The summed E-state index contributed by atoms with van der Waals surface area (Å²) in [5, 5.41) is 0. The van der Waals surface area contributed by atoms with Crippen molar-refractivity contribution in [3.63, 3.8) is 0 Å². The molecule has 2 heterocycles. The first-order chi connectivity index (χ1) is 8.66. The number of aromatic nitrogens is 1. The highest BCUT2D eigenvalue weighted by Gasteiger charge is 2.14. The van der Waals surface area contributed by atoms with Gasteiger partial charge < -0.3 is 20.1 Å². The lowest BCUT2D eigenvalue weighted by molar-refractivity contribution is 0.152. The Morgan fingerprint density at radius 1 is 1.33 bits per heavy atom. The van der Waals surface area contributed by atoms with Gasteiger partial charge in [-0.2, -0.15) is 4.98 Å². The maximum Gasteiger partial charge on any atom is 0.239 e. The number of hydrogen-bond donors (Lipinski definition) is 1. The van der Waals surface area contributed by atoms with Crippen LogP contribution in [0.25, 0.3) is 0 Å². The Morgan fingerprint density at radius 2 is 2.17 bits per heavy atom. The Morgan fingerprint density at radius 3 is 2.94 bits per heavy atom. The van der Waals surface area contributed by atoms with Crippen molar-refractivity contribution in [2.75, 3.05) is 36.9 Å². The molecule has 2 N–H and O–H groups in total. The van der Waals surface area contributed by atoms with E-state index in [1.807, 2.05) is 26.0 Å². The van der Waals surface area contributed by atoms with E-state index in [9.17, 15) is 0 Å². The Kier molecular flexibility index (Phi) is 4.25. The van der Waals surface area contributed by atoms with Crippen molar-refractivity contribution in [3.8, 4) is 5.88 Å². The molecule has 1 aliphatic rings. The molecule has 0 bridgehead atoms. The molecule has 1 fully saturated rings. The quantitative estimate of drug-likeness (QED) is 0.885. The molecule has 18 heavy (non-hydrogen) atoms. The van der Waals surface area contributed by atoms with E-state index >= 15 is 0 Å². The van der Waals surface area contributed by atoms with Crippen molar-refractivity contribution in [2.45, 2.75) is 26.4 Å². The first-order valence-electron chi connectivity index (χ1n) is 6.42. The van der Waals surface area contributed by atoms with Crippen molar-refractivity contribution >= 4 is 11.5 Å². The van der Waals surface area contributed by atoms with E-state index in [-0.39, 0.29) is 6.10 Å². The van der Waals surface area contributed by atoms with Gasteiger partial charge in [0.15, 0.2) is 0 Å². The number of ether oxygens (including phenoxy) is 2. The summed E-state index contributed by atoms with van der Waals surface area (Å²) < 4.78 is 11.1. The second-order valence-electron chi connectivity index (χ2n) is 4.68. The molecule has 1 saturated heterocycles. The second kappa shape index (κ2) is 5.91. The van der Waals surface area contributed by atoms with Crippen LogP contribution in [-0.4, -0.2) is 37.4 Å². The predicted octanol–water partition coefficient (Wildman–Crippen LogP) is 1.68. The third-order valence-corrected chi connectivity index (χ3v) is 2.77. The summed E-state index contributed by atoms with van der Waals surface area (Å²) in [6.07, 6.45) is 1.09. The van der Waals surface area contributed by atoms with Crippen LogP contribution in [0.2, 0.25) is 0 Å². The fourth-order valence-corrected chi connectivity index (χ4v) is 1.91. The van der Waals surface area contributed by atoms with Gasteiger partial charge in [0, 0.05) is 19.7 Å². The van der Waals surface area contributed by atoms with E-state index in [4.69, 9.17) is 15.2 Å². The summed E-state index contributed by atoms with van der Waals surface area (Å²) in [6.45, 7) is 7.31. The van der Waals surface area contributed by atoms with Gasteiger partial charge in [-0.3, -0.25) is 0 Å². The van der Waals surface area contributed by atoms with Gasteiger partial charge >= 0.3 is 0 Å². The number of nitrogens with zero attached hydrogens (tertiary/aromatic N) is 2. The molecule has 0 aliphatic carbocycles. The van der Waals surface area contributed by atoms with Crippen molar-refractivity contribution in [2.24, 2.45) is 0 Å². The Hall–Kier alpha value is -1.49. The minimum Gasteiger partial charge on any atom is -0.473 e. The molecule has 1 aromatic rings. The van der Waals surface area contributed by atoms with Crippen LogP contribution < -0.4 is 15.4 Å². The first kappa shape index (κ1) is 13.0. The van der Waals surface area contributed by atoms with Crippen LogP contribution in [0.4, 0.5) is 11.5 Å². The molecule has 0 aromatic carbocycles. The molecular formula is C13H21N3O2. The summed E-state index contributed by atoms with van der Waals surface area (Å²) >= 11 is 0. The molecule has 5 heteroatoms. The van der Waals surface area contributed by atoms with Gasteiger partial charge in [0.05, 0.1) is 18.4 Å². The van der Waals surface area contributed by atoms with Gasteiger partial charge in [-0.25, -0.2) is 0 Å². The van der Waals surface area contributed by atoms with Crippen LogP contribution in [0.1, 0.15) is 20.3 Å². The minimum atomic E-state index is 0.0718. The Balaban J connectivity index is 2.16. The van der Waals surface area contributed by atoms with Crippen molar-refractivity contribution in [3.05, 3.63) is 12.1 Å². The highest BCUT2D eigenvalue weighted by Crippen LogP contribution is 2.24. The van der Waals surface area contributed by atoms with Crippen LogP contribution in [0.3, 0.4) is 0 Å². The van der Waals surface area contributed by atoms with Crippen molar-refractivity contribution in [1.82, 2.24) is 4.98 Å². The topological polar surface area (TPSA) is 60.6 Å². The molecule has 0 spiro atoms. The maximum absolute atomic E-state index is 5.87. The first-order valence-corrected chi connectivity index (χ1v) is 6.42. The fourth-order valence-electron chi connectivity index (χ4n) is 1.91. The Bertz CT molecular complexity index is 388. The van der Waals surface area contributed by atoms with Gasteiger partial charge in [-0.1, -0.05) is 0 Å². The summed E-state index contributed by atoms with van der Waals surface area (Å²) in [6, 6.07) is 3.79. The zero-order valence-corrected chi connectivity index (χ0v) is 11.1. The molecule has 0 radical (unpaired) electrons. The molecule has 0 unspecified atom stereocenters.